The molecule has 2 N–H and O–H groups in total. The summed E-state index contributed by atoms with van der Waals surface area (Å²) >= 11 is 0. The highest BCUT2D eigenvalue weighted by molar-refractivity contribution is 5.93. The van der Waals surface area contributed by atoms with Crippen LogP contribution < -0.4 is 10.7 Å². The van der Waals surface area contributed by atoms with Crippen molar-refractivity contribution in [2.45, 2.75) is 12.3 Å². The number of para-hydroxylation sites is 1. The third-order valence-electron chi connectivity index (χ3n) is 4.12. The van der Waals surface area contributed by atoms with Crippen LogP contribution in [0, 0.1) is 0 Å². The fraction of sp³-hybridized carbons (Fsp3) is 0.200. The lowest BCUT2D eigenvalue weighted by Gasteiger charge is -2.17. The molecule has 128 valence electrons. The molecule has 5 heteroatoms. The number of fused-ring (bicyclic) bond motifs is 1. The number of aliphatic hydroxyl groups excluding tert-OH is 1. The van der Waals surface area contributed by atoms with E-state index in [2.05, 4.69) is 5.32 Å². The second-order valence-corrected chi connectivity index (χ2v) is 5.80. The molecule has 1 amide bonds. The van der Waals surface area contributed by atoms with Crippen molar-refractivity contribution in [2.75, 3.05) is 13.2 Å². The standard InChI is InChI=1S/C20H19NO4/c22-11-10-15(14-6-2-1-3-7-14)13-21-20(24)19-12-17(23)16-8-4-5-9-18(16)25-19/h1-9,12,15,22H,10-11,13H2,(H,21,24). The van der Waals surface area contributed by atoms with Crippen molar-refractivity contribution in [3.63, 3.8) is 0 Å². The minimum absolute atomic E-state index is 0.0117. The maximum absolute atomic E-state index is 12.4. The molecule has 0 aliphatic carbocycles. The van der Waals surface area contributed by atoms with Crippen LogP contribution in [0.1, 0.15) is 28.5 Å². The van der Waals surface area contributed by atoms with Gasteiger partial charge in [0.15, 0.2) is 11.2 Å². The Morgan fingerprint density at radius 2 is 1.80 bits per heavy atom. The number of carbonyl (C=O) groups is 1. The monoisotopic (exact) mass is 337 g/mol. The van der Waals surface area contributed by atoms with Gasteiger partial charge >= 0.3 is 0 Å². The molecule has 1 aromatic heterocycles. The number of amides is 1. The SMILES string of the molecule is O=C(NCC(CCO)c1ccccc1)c1cc(=O)c2ccccc2o1. The molecule has 2 aromatic carbocycles. The minimum atomic E-state index is -0.443. The third-order valence-corrected chi connectivity index (χ3v) is 4.12. The zero-order chi connectivity index (χ0) is 17.6. The van der Waals surface area contributed by atoms with Crippen LogP contribution in [0.2, 0.25) is 0 Å². The van der Waals surface area contributed by atoms with E-state index in [1.54, 1.807) is 24.3 Å². The fourth-order valence-corrected chi connectivity index (χ4v) is 2.79. The highest BCUT2D eigenvalue weighted by Crippen LogP contribution is 2.18. The Hall–Kier alpha value is -2.92. The van der Waals surface area contributed by atoms with Gasteiger partial charge in [0.05, 0.1) is 5.39 Å². The van der Waals surface area contributed by atoms with Crippen molar-refractivity contribution in [1.82, 2.24) is 5.32 Å². The second kappa shape index (κ2) is 7.77. The molecular weight excluding hydrogens is 318 g/mol. The maximum Gasteiger partial charge on any atom is 0.287 e. The lowest BCUT2D eigenvalue weighted by molar-refractivity contribution is 0.0922. The van der Waals surface area contributed by atoms with E-state index in [-0.39, 0.29) is 23.7 Å². The van der Waals surface area contributed by atoms with E-state index in [1.807, 2.05) is 30.3 Å². The minimum Gasteiger partial charge on any atom is -0.451 e. The summed E-state index contributed by atoms with van der Waals surface area (Å²) < 4.78 is 5.54. The van der Waals surface area contributed by atoms with E-state index in [1.165, 1.54) is 6.07 Å². The predicted octanol–water partition coefficient (Wildman–Crippen LogP) is 2.69. The zero-order valence-electron chi connectivity index (χ0n) is 13.6. The summed E-state index contributed by atoms with van der Waals surface area (Å²) in [5, 5.41) is 12.5. The molecule has 25 heavy (non-hydrogen) atoms. The quantitative estimate of drug-likeness (QED) is 0.725. The predicted molar refractivity (Wildman–Crippen MR) is 95.7 cm³/mol. The molecule has 1 unspecified atom stereocenters. The van der Waals surface area contributed by atoms with Crippen LogP contribution in [0.4, 0.5) is 0 Å². The fourth-order valence-electron chi connectivity index (χ4n) is 2.79. The molecule has 1 atom stereocenters. The molecule has 0 bridgehead atoms. The van der Waals surface area contributed by atoms with E-state index < -0.39 is 5.91 Å². The Balaban J connectivity index is 1.76. The number of aliphatic hydroxyl groups is 1. The summed E-state index contributed by atoms with van der Waals surface area (Å²) in [5.74, 6) is -0.469. The zero-order valence-corrected chi connectivity index (χ0v) is 13.6. The van der Waals surface area contributed by atoms with E-state index >= 15 is 0 Å². The molecule has 0 spiro atoms. The van der Waals surface area contributed by atoms with Gasteiger partial charge in [-0.25, -0.2) is 0 Å². The second-order valence-electron chi connectivity index (χ2n) is 5.80. The topological polar surface area (TPSA) is 79.5 Å². The molecule has 0 aliphatic rings. The van der Waals surface area contributed by atoms with E-state index in [0.29, 0.717) is 23.9 Å². The lowest BCUT2D eigenvalue weighted by Crippen LogP contribution is -2.29. The summed E-state index contributed by atoms with van der Waals surface area (Å²) in [4.78, 5) is 24.5. The molecule has 0 radical (unpaired) electrons. The molecule has 0 saturated carbocycles. The Labute approximate surface area is 144 Å². The van der Waals surface area contributed by atoms with Crippen molar-refractivity contribution < 1.29 is 14.3 Å². The van der Waals surface area contributed by atoms with Crippen LogP contribution >= 0.6 is 0 Å². The van der Waals surface area contributed by atoms with Crippen molar-refractivity contribution in [3.8, 4) is 0 Å². The van der Waals surface area contributed by atoms with Crippen LogP contribution in [0.3, 0.4) is 0 Å². The van der Waals surface area contributed by atoms with Crippen molar-refractivity contribution in [2.24, 2.45) is 0 Å². The number of carbonyl (C=O) groups excluding carboxylic acids is 1. The van der Waals surface area contributed by atoms with Gasteiger partial charge in [-0.3, -0.25) is 9.59 Å². The molecule has 0 aliphatic heterocycles. The number of hydrogen-bond donors (Lipinski definition) is 2. The first-order chi connectivity index (χ1) is 12.2. The lowest BCUT2D eigenvalue weighted by atomic mass is 9.96. The van der Waals surface area contributed by atoms with E-state index in [4.69, 9.17) is 4.42 Å². The van der Waals surface area contributed by atoms with Gasteiger partial charge < -0.3 is 14.8 Å². The summed E-state index contributed by atoms with van der Waals surface area (Å²) in [5.41, 5.74) is 1.17. The van der Waals surface area contributed by atoms with Crippen LogP contribution in [-0.2, 0) is 0 Å². The summed E-state index contributed by atoms with van der Waals surface area (Å²) in [6.45, 7) is 0.375. The first-order valence-corrected chi connectivity index (χ1v) is 8.16. The van der Waals surface area contributed by atoms with Gasteiger partial charge in [0.1, 0.15) is 5.58 Å². The summed E-state index contributed by atoms with van der Waals surface area (Å²) in [6, 6.07) is 17.7. The average molecular weight is 337 g/mol. The van der Waals surface area contributed by atoms with Gasteiger partial charge in [0.25, 0.3) is 5.91 Å². The van der Waals surface area contributed by atoms with Gasteiger partial charge in [-0.1, -0.05) is 42.5 Å². The number of hydrogen-bond acceptors (Lipinski definition) is 4. The average Bonchev–Trinajstić information content (AvgIpc) is 2.65. The number of rotatable bonds is 6. The van der Waals surface area contributed by atoms with Crippen LogP contribution in [0.25, 0.3) is 11.0 Å². The molecule has 0 fully saturated rings. The highest BCUT2D eigenvalue weighted by Gasteiger charge is 2.16. The number of benzene rings is 2. The number of nitrogens with one attached hydrogen (secondary N) is 1. The molecular formula is C20H19NO4. The smallest absolute Gasteiger partial charge is 0.287 e. The Kier molecular flexibility index (Phi) is 5.26. The Morgan fingerprint density at radius 3 is 2.56 bits per heavy atom. The first-order valence-electron chi connectivity index (χ1n) is 8.16. The van der Waals surface area contributed by atoms with Crippen LogP contribution in [0.5, 0.6) is 0 Å². The normalized spacial score (nSPS) is 12.0. The highest BCUT2D eigenvalue weighted by atomic mass is 16.3. The first kappa shape index (κ1) is 16.9. The molecule has 3 rings (SSSR count). The van der Waals surface area contributed by atoms with Gasteiger partial charge in [-0.05, 0) is 24.1 Å². The maximum atomic E-state index is 12.4. The Bertz CT molecular complexity index is 918. The van der Waals surface area contributed by atoms with Gasteiger partial charge in [-0.15, -0.1) is 0 Å². The van der Waals surface area contributed by atoms with Crippen molar-refractivity contribution in [3.05, 3.63) is 82.2 Å². The van der Waals surface area contributed by atoms with Crippen LogP contribution in [-0.4, -0.2) is 24.2 Å². The third kappa shape index (κ3) is 3.95. The summed E-state index contributed by atoms with van der Waals surface area (Å²) in [6.07, 6.45) is 0.534. The largest absolute Gasteiger partial charge is 0.451 e. The van der Waals surface area contributed by atoms with Crippen molar-refractivity contribution in [1.29, 1.82) is 0 Å². The van der Waals surface area contributed by atoms with E-state index in [9.17, 15) is 14.7 Å². The molecule has 0 saturated heterocycles. The van der Waals surface area contributed by atoms with Gasteiger partial charge in [0, 0.05) is 25.1 Å². The van der Waals surface area contributed by atoms with Crippen molar-refractivity contribution >= 4 is 16.9 Å². The molecule has 1 heterocycles. The van der Waals surface area contributed by atoms with Gasteiger partial charge in [-0.2, -0.15) is 0 Å². The molecule has 5 nitrogen and oxygen atoms in total. The van der Waals surface area contributed by atoms with E-state index in [0.717, 1.165) is 5.56 Å². The summed E-state index contributed by atoms with van der Waals surface area (Å²) in [7, 11) is 0. The van der Waals surface area contributed by atoms with Crippen LogP contribution in [0.15, 0.2) is 69.9 Å². The molecule has 3 aromatic rings. The Morgan fingerprint density at radius 1 is 1.08 bits per heavy atom. The van der Waals surface area contributed by atoms with Gasteiger partial charge in [0.2, 0.25) is 0 Å².